The first-order valence-corrected chi connectivity index (χ1v) is 4.65. The van der Waals surface area contributed by atoms with Gasteiger partial charge < -0.3 is 5.73 Å². The summed E-state index contributed by atoms with van der Waals surface area (Å²) in [4.78, 5) is 0.307. The van der Waals surface area contributed by atoms with E-state index in [4.69, 9.17) is 18.0 Å². The summed E-state index contributed by atoms with van der Waals surface area (Å²) in [7, 11) is 0. The predicted molar refractivity (Wildman–Crippen MR) is 56.2 cm³/mol. The van der Waals surface area contributed by atoms with Crippen LogP contribution in [-0.2, 0) is 0 Å². The zero-order chi connectivity index (χ0) is 10.7. The molecule has 0 aromatic heterocycles. The van der Waals surface area contributed by atoms with Crippen LogP contribution in [0.1, 0.15) is 24.8 Å². The number of hydrogen-bond acceptors (Lipinski definition) is 1. The fraction of sp³-hybridized carbons (Fsp3) is 0.300. The van der Waals surface area contributed by atoms with E-state index in [9.17, 15) is 8.78 Å². The molecule has 76 valence electrons. The zero-order valence-corrected chi connectivity index (χ0v) is 8.57. The molecule has 0 aliphatic heterocycles. The molecule has 1 aromatic carbocycles. The second-order valence-electron chi connectivity index (χ2n) is 3.21. The molecule has 0 fully saturated rings. The lowest BCUT2D eigenvalue weighted by atomic mass is 9.97. The second kappa shape index (κ2) is 4.46. The minimum Gasteiger partial charge on any atom is -0.393 e. The number of halogens is 2. The van der Waals surface area contributed by atoms with E-state index in [0.29, 0.717) is 17.0 Å². The van der Waals surface area contributed by atoms with Gasteiger partial charge in [-0.05, 0) is 17.5 Å². The fourth-order valence-electron chi connectivity index (χ4n) is 1.31. The van der Waals surface area contributed by atoms with Crippen molar-refractivity contribution in [2.24, 2.45) is 5.73 Å². The van der Waals surface area contributed by atoms with E-state index < -0.39 is 11.6 Å². The van der Waals surface area contributed by atoms with Crippen molar-refractivity contribution < 1.29 is 8.78 Å². The van der Waals surface area contributed by atoms with Crippen LogP contribution >= 0.6 is 12.2 Å². The van der Waals surface area contributed by atoms with Gasteiger partial charge in [0, 0.05) is 6.42 Å². The molecule has 1 atom stereocenters. The maximum atomic E-state index is 13.2. The SMILES string of the molecule is CC(CC(N)=S)c1cccc(F)c1F. The molecule has 1 rings (SSSR count). The van der Waals surface area contributed by atoms with Crippen LogP contribution in [0.15, 0.2) is 18.2 Å². The van der Waals surface area contributed by atoms with E-state index in [2.05, 4.69) is 0 Å². The zero-order valence-electron chi connectivity index (χ0n) is 7.76. The fourth-order valence-corrected chi connectivity index (χ4v) is 1.56. The van der Waals surface area contributed by atoms with Crippen LogP contribution in [0.4, 0.5) is 8.78 Å². The largest absolute Gasteiger partial charge is 0.393 e. The van der Waals surface area contributed by atoms with E-state index in [1.165, 1.54) is 6.07 Å². The molecule has 1 unspecified atom stereocenters. The Balaban J connectivity index is 2.95. The molecule has 1 aromatic rings. The number of rotatable bonds is 3. The Labute approximate surface area is 86.9 Å². The van der Waals surface area contributed by atoms with Crippen LogP contribution < -0.4 is 5.73 Å². The summed E-state index contributed by atoms with van der Waals surface area (Å²) in [5.74, 6) is -1.84. The van der Waals surface area contributed by atoms with Crippen LogP contribution in [-0.4, -0.2) is 4.99 Å². The highest BCUT2D eigenvalue weighted by atomic mass is 32.1. The summed E-state index contributed by atoms with van der Waals surface area (Å²) >= 11 is 4.71. The van der Waals surface area contributed by atoms with E-state index in [-0.39, 0.29) is 5.92 Å². The summed E-state index contributed by atoms with van der Waals surface area (Å²) in [6.45, 7) is 1.76. The maximum Gasteiger partial charge on any atom is 0.162 e. The molecule has 0 bridgehead atoms. The van der Waals surface area contributed by atoms with Gasteiger partial charge in [0.05, 0.1) is 4.99 Å². The van der Waals surface area contributed by atoms with Gasteiger partial charge in [-0.15, -0.1) is 0 Å². The highest BCUT2D eigenvalue weighted by Gasteiger charge is 2.14. The van der Waals surface area contributed by atoms with Gasteiger partial charge in [-0.3, -0.25) is 0 Å². The van der Waals surface area contributed by atoms with Gasteiger partial charge in [0.1, 0.15) is 0 Å². The standard InChI is InChI=1S/C10H11F2NS/c1-6(5-9(13)14)7-3-2-4-8(11)10(7)12/h2-4,6H,5H2,1H3,(H2,13,14). The van der Waals surface area contributed by atoms with Crippen molar-refractivity contribution in [1.29, 1.82) is 0 Å². The van der Waals surface area contributed by atoms with Crippen LogP contribution in [0.25, 0.3) is 0 Å². The normalized spacial score (nSPS) is 12.5. The Morgan fingerprint density at radius 2 is 2.14 bits per heavy atom. The van der Waals surface area contributed by atoms with Gasteiger partial charge in [0.25, 0.3) is 0 Å². The second-order valence-corrected chi connectivity index (χ2v) is 3.74. The lowest BCUT2D eigenvalue weighted by Crippen LogP contribution is -2.12. The first-order chi connectivity index (χ1) is 6.52. The molecule has 14 heavy (non-hydrogen) atoms. The molecule has 0 heterocycles. The molecule has 0 saturated carbocycles. The summed E-state index contributed by atoms with van der Waals surface area (Å²) in [5.41, 5.74) is 5.65. The molecule has 0 aliphatic rings. The predicted octanol–water partition coefficient (Wildman–Crippen LogP) is 2.74. The number of thiocarbonyl (C=S) groups is 1. The molecular formula is C10H11F2NS. The van der Waals surface area contributed by atoms with E-state index in [0.717, 1.165) is 6.07 Å². The highest BCUT2D eigenvalue weighted by molar-refractivity contribution is 7.80. The van der Waals surface area contributed by atoms with Crippen molar-refractivity contribution in [2.75, 3.05) is 0 Å². The Morgan fingerprint density at radius 1 is 1.50 bits per heavy atom. The third-order valence-electron chi connectivity index (χ3n) is 2.02. The monoisotopic (exact) mass is 215 g/mol. The topological polar surface area (TPSA) is 26.0 Å². The first-order valence-electron chi connectivity index (χ1n) is 4.24. The number of nitrogens with two attached hydrogens (primary N) is 1. The van der Waals surface area contributed by atoms with Gasteiger partial charge in [-0.25, -0.2) is 8.78 Å². The molecule has 0 saturated heterocycles. The van der Waals surface area contributed by atoms with Gasteiger partial charge in [0.2, 0.25) is 0 Å². The van der Waals surface area contributed by atoms with Crippen molar-refractivity contribution in [3.8, 4) is 0 Å². The van der Waals surface area contributed by atoms with E-state index >= 15 is 0 Å². The lowest BCUT2D eigenvalue weighted by Gasteiger charge is -2.11. The van der Waals surface area contributed by atoms with Crippen molar-refractivity contribution in [2.45, 2.75) is 19.3 Å². The summed E-state index contributed by atoms with van der Waals surface area (Å²) < 4.78 is 26.1. The quantitative estimate of drug-likeness (QED) is 0.784. The smallest absolute Gasteiger partial charge is 0.162 e. The minimum atomic E-state index is -0.836. The highest BCUT2D eigenvalue weighted by Crippen LogP contribution is 2.23. The minimum absolute atomic E-state index is 0.191. The van der Waals surface area contributed by atoms with Crippen molar-refractivity contribution in [3.63, 3.8) is 0 Å². The average Bonchev–Trinajstić information content (AvgIpc) is 2.08. The Hall–Kier alpha value is -1.03. The maximum absolute atomic E-state index is 13.2. The van der Waals surface area contributed by atoms with Crippen molar-refractivity contribution in [3.05, 3.63) is 35.4 Å². The van der Waals surface area contributed by atoms with Gasteiger partial charge in [0.15, 0.2) is 11.6 Å². The van der Waals surface area contributed by atoms with E-state index in [1.54, 1.807) is 13.0 Å². The lowest BCUT2D eigenvalue weighted by molar-refractivity contribution is 0.492. The molecule has 1 nitrogen and oxygen atoms in total. The Morgan fingerprint density at radius 3 is 2.71 bits per heavy atom. The third-order valence-corrected chi connectivity index (χ3v) is 2.19. The van der Waals surface area contributed by atoms with Gasteiger partial charge in [-0.2, -0.15) is 0 Å². The van der Waals surface area contributed by atoms with Gasteiger partial charge in [-0.1, -0.05) is 31.3 Å². The first kappa shape index (κ1) is 11.0. The Bertz CT molecular complexity index is 352. The molecular weight excluding hydrogens is 204 g/mol. The number of benzene rings is 1. The van der Waals surface area contributed by atoms with Crippen molar-refractivity contribution in [1.82, 2.24) is 0 Å². The van der Waals surface area contributed by atoms with Crippen LogP contribution in [0.2, 0.25) is 0 Å². The van der Waals surface area contributed by atoms with Crippen LogP contribution in [0.3, 0.4) is 0 Å². The summed E-state index contributed by atoms with van der Waals surface area (Å²) in [5, 5.41) is 0. The molecule has 0 spiro atoms. The van der Waals surface area contributed by atoms with Gasteiger partial charge >= 0.3 is 0 Å². The van der Waals surface area contributed by atoms with E-state index in [1.807, 2.05) is 0 Å². The molecule has 2 N–H and O–H groups in total. The van der Waals surface area contributed by atoms with Crippen LogP contribution in [0.5, 0.6) is 0 Å². The third kappa shape index (κ3) is 2.48. The molecule has 0 amide bonds. The average molecular weight is 215 g/mol. The number of hydrogen-bond donors (Lipinski definition) is 1. The summed E-state index contributed by atoms with van der Waals surface area (Å²) in [6.07, 6.45) is 0.385. The van der Waals surface area contributed by atoms with Crippen LogP contribution in [0, 0.1) is 11.6 Å². The molecule has 4 heteroatoms. The molecule has 0 aliphatic carbocycles. The van der Waals surface area contributed by atoms with Crippen molar-refractivity contribution >= 4 is 17.2 Å². The Kier molecular flexibility index (Phi) is 3.52. The summed E-state index contributed by atoms with van der Waals surface area (Å²) in [6, 6.07) is 4.11. The molecule has 0 radical (unpaired) electrons.